The zero-order valence-electron chi connectivity index (χ0n) is 11.0. The molecule has 0 N–H and O–H groups in total. The molecule has 1 saturated heterocycles. The number of likely N-dealkylation sites (N-methyl/N-ethyl adjacent to an activating group) is 1. The first kappa shape index (κ1) is 12.6. The lowest BCUT2D eigenvalue weighted by molar-refractivity contribution is -0.138. The van der Waals surface area contributed by atoms with Crippen molar-refractivity contribution >= 4 is 22.8 Å². The highest BCUT2D eigenvalue weighted by atomic mass is 16.3. The molecule has 20 heavy (non-hydrogen) atoms. The number of nitrogens with zero attached hydrogens (tertiary/aromatic N) is 1. The van der Waals surface area contributed by atoms with Gasteiger partial charge in [0, 0.05) is 19.0 Å². The zero-order chi connectivity index (χ0) is 14.3. The average Bonchev–Trinajstić information content (AvgIpc) is 2.73. The van der Waals surface area contributed by atoms with Crippen molar-refractivity contribution in [1.82, 2.24) is 4.90 Å². The second-order valence-electron chi connectivity index (χ2n) is 4.74. The van der Waals surface area contributed by atoms with E-state index in [0.29, 0.717) is 23.1 Å². The maximum Gasteiger partial charge on any atom is 0.237 e. The Morgan fingerprint density at radius 1 is 1.25 bits per heavy atom. The third-order valence-electron chi connectivity index (χ3n) is 3.65. The summed E-state index contributed by atoms with van der Waals surface area (Å²) in [6.07, 6.45) is 1.44. The average molecular weight is 271 g/mol. The van der Waals surface area contributed by atoms with Gasteiger partial charge in [-0.2, -0.15) is 0 Å². The highest BCUT2D eigenvalue weighted by Crippen LogP contribution is 2.32. The van der Waals surface area contributed by atoms with Crippen molar-refractivity contribution < 1.29 is 14.0 Å². The summed E-state index contributed by atoms with van der Waals surface area (Å²) in [7, 11) is 0. The fourth-order valence-electron chi connectivity index (χ4n) is 2.71. The third kappa shape index (κ3) is 1.74. The van der Waals surface area contributed by atoms with Crippen molar-refractivity contribution in [3.8, 4) is 0 Å². The Morgan fingerprint density at radius 2 is 2.05 bits per heavy atom. The molecule has 1 aromatic heterocycles. The summed E-state index contributed by atoms with van der Waals surface area (Å²) in [5.41, 5.74) is 0.813. The van der Waals surface area contributed by atoms with E-state index in [1.165, 1.54) is 17.2 Å². The quantitative estimate of drug-likeness (QED) is 0.779. The normalized spacial score (nSPS) is 19.1. The Balaban J connectivity index is 2.19. The number of likely N-dealkylation sites (tertiary alicyclic amines) is 1. The molecule has 102 valence electrons. The zero-order valence-corrected chi connectivity index (χ0v) is 11.0. The summed E-state index contributed by atoms with van der Waals surface area (Å²) < 4.78 is 5.30. The van der Waals surface area contributed by atoms with Crippen LogP contribution in [0.1, 0.15) is 24.8 Å². The maximum absolute atomic E-state index is 12.3. The van der Waals surface area contributed by atoms with Gasteiger partial charge in [0.2, 0.25) is 11.8 Å². The minimum Gasteiger partial charge on any atom is -0.464 e. The predicted molar refractivity (Wildman–Crippen MR) is 72.2 cm³/mol. The topological polar surface area (TPSA) is 67.6 Å². The van der Waals surface area contributed by atoms with Gasteiger partial charge in [-0.3, -0.25) is 19.3 Å². The first-order valence-electron chi connectivity index (χ1n) is 6.48. The van der Waals surface area contributed by atoms with E-state index in [1.54, 1.807) is 25.1 Å². The van der Waals surface area contributed by atoms with Crippen molar-refractivity contribution in [2.45, 2.75) is 19.3 Å². The minimum atomic E-state index is -0.587. The van der Waals surface area contributed by atoms with Gasteiger partial charge in [-0.1, -0.05) is 12.1 Å². The number of fused-ring (bicyclic) bond motifs is 1. The highest BCUT2D eigenvalue weighted by Gasteiger charge is 2.39. The van der Waals surface area contributed by atoms with E-state index in [9.17, 15) is 14.4 Å². The molecular weight excluding hydrogens is 258 g/mol. The molecule has 2 amide bonds. The summed E-state index contributed by atoms with van der Waals surface area (Å²) in [5, 5.41) is 0.388. The number of hydrogen-bond acceptors (Lipinski definition) is 4. The molecular formula is C15H13NO4. The molecule has 1 fully saturated rings. The van der Waals surface area contributed by atoms with Crippen molar-refractivity contribution in [2.75, 3.05) is 6.54 Å². The van der Waals surface area contributed by atoms with Crippen LogP contribution in [-0.4, -0.2) is 23.3 Å². The number of carbonyl (C=O) groups is 2. The van der Waals surface area contributed by atoms with E-state index in [4.69, 9.17) is 4.42 Å². The summed E-state index contributed by atoms with van der Waals surface area (Å²) in [4.78, 5) is 37.4. The molecule has 2 heterocycles. The largest absolute Gasteiger partial charge is 0.464 e. The van der Waals surface area contributed by atoms with Crippen LogP contribution in [0.15, 0.2) is 39.7 Å². The van der Waals surface area contributed by atoms with Crippen molar-refractivity contribution in [3.63, 3.8) is 0 Å². The molecule has 0 aliphatic carbocycles. The second kappa shape index (κ2) is 4.59. The van der Waals surface area contributed by atoms with Gasteiger partial charge in [-0.15, -0.1) is 0 Å². The SMILES string of the molecule is CCN1C(=O)CC(c2cccc3occc(=O)c23)C1=O. The Bertz CT molecular complexity index is 757. The van der Waals surface area contributed by atoms with Crippen LogP contribution in [0.5, 0.6) is 0 Å². The molecule has 3 rings (SSSR count). The number of hydrogen-bond donors (Lipinski definition) is 0. The monoisotopic (exact) mass is 271 g/mol. The summed E-state index contributed by atoms with van der Waals surface area (Å²) in [6, 6.07) is 6.45. The lowest BCUT2D eigenvalue weighted by Crippen LogP contribution is -2.29. The summed E-state index contributed by atoms with van der Waals surface area (Å²) in [6.45, 7) is 2.11. The lowest BCUT2D eigenvalue weighted by Gasteiger charge is -2.13. The van der Waals surface area contributed by atoms with Crippen LogP contribution in [0.4, 0.5) is 0 Å². The molecule has 1 aromatic carbocycles. The van der Waals surface area contributed by atoms with Gasteiger partial charge in [0.1, 0.15) is 5.58 Å². The molecule has 5 heteroatoms. The van der Waals surface area contributed by atoms with E-state index in [2.05, 4.69) is 0 Å². The Morgan fingerprint density at radius 3 is 2.75 bits per heavy atom. The Hall–Kier alpha value is -2.43. The molecule has 0 radical (unpaired) electrons. The number of carbonyl (C=O) groups excluding carboxylic acids is 2. The van der Waals surface area contributed by atoms with Gasteiger partial charge in [-0.05, 0) is 18.6 Å². The van der Waals surface area contributed by atoms with Gasteiger partial charge < -0.3 is 4.42 Å². The highest BCUT2D eigenvalue weighted by molar-refractivity contribution is 6.07. The van der Waals surface area contributed by atoms with E-state index in [0.717, 1.165) is 0 Å². The molecule has 1 aliphatic heterocycles. The number of rotatable bonds is 2. The van der Waals surface area contributed by atoms with E-state index in [-0.39, 0.29) is 23.7 Å². The van der Waals surface area contributed by atoms with Gasteiger partial charge in [0.05, 0.1) is 17.6 Å². The lowest BCUT2D eigenvalue weighted by atomic mass is 9.94. The Kier molecular flexibility index (Phi) is 2.89. The van der Waals surface area contributed by atoms with Gasteiger partial charge in [0.25, 0.3) is 0 Å². The summed E-state index contributed by atoms with van der Waals surface area (Å²) in [5.74, 6) is -1.02. The third-order valence-corrected chi connectivity index (χ3v) is 3.65. The molecule has 1 aliphatic rings. The van der Waals surface area contributed by atoms with Crippen molar-refractivity contribution in [2.24, 2.45) is 0 Å². The van der Waals surface area contributed by atoms with Crippen LogP contribution in [0, 0.1) is 0 Å². The molecule has 1 atom stereocenters. The van der Waals surface area contributed by atoms with Crippen LogP contribution in [0.2, 0.25) is 0 Å². The second-order valence-corrected chi connectivity index (χ2v) is 4.74. The fraction of sp³-hybridized carbons (Fsp3) is 0.267. The molecule has 5 nitrogen and oxygen atoms in total. The van der Waals surface area contributed by atoms with E-state index < -0.39 is 5.92 Å². The molecule has 0 spiro atoms. The van der Waals surface area contributed by atoms with Gasteiger partial charge in [-0.25, -0.2) is 0 Å². The first-order chi connectivity index (χ1) is 9.63. The van der Waals surface area contributed by atoms with Crippen LogP contribution in [0.25, 0.3) is 11.0 Å². The number of imide groups is 1. The smallest absolute Gasteiger partial charge is 0.237 e. The van der Waals surface area contributed by atoms with Crippen LogP contribution in [-0.2, 0) is 9.59 Å². The minimum absolute atomic E-state index is 0.111. The maximum atomic E-state index is 12.3. The molecule has 2 aromatic rings. The van der Waals surface area contributed by atoms with E-state index >= 15 is 0 Å². The van der Waals surface area contributed by atoms with Crippen LogP contribution in [0.3, 0.4) is 0 Å². The van der Waals surface area contributed by atoms with Crippen molar-refractivity contribution in [3.05, 3.63) is 46.3 Å². The Labute approximate surface area is 114 Å². The van der Waals surface area contributed by atoms with Crippen LogP contribution >= 0.6 is 0 Å². The van der Waals surface area contributed by atoms with Gasteiger partial charge >= 0.3 is 0 Å². The van der Waals surface area contributed by atoms with E-state index in [1.807, 2.05) is 0 Å². The predicted octanol–water partition coefficient (Wildman–Crippen LogP) is 1.66. The summed E-state index contributed by atoms with van der Waals surface area (Å²) >= 11 is 0. The first-order valence-corrected chi connectivity index (χ1v) is 6.48. The fourth-order valence-corrected chi connectivity index (χ4v) is 2.71. The van der Waals surface area contributed by atoms with Gasteiger partial charge in [0.15, 0.2) is 5.43 Å². The molecule has 0 saturated carbocycles. The number of amides is 2. The van der Waals surface area contributed by atoms with Crippen LogP contribution < -0.4 is 5.43 Å². The molecule has 0 bridgehead atoms. The standard InChI is InChI=1S/C15H13NO4/c1-2-16-13(18)8-10(15(16)19)9-4-3-5-12-14(9)11(17)6-7-20-12/h3-7,10H,2,8H2,1H3. The van der Waals surface area contributed by atoms with Crippen molar-refractivity contribution in [1.29, 1.82) is 0 Å². The number of benzene rings is 1. The molecule has 1 unspecified atom stereocenters.